The van der Waals surface area contributed by atoms with Gasteiger partial charge in [0, 0.05) is 12.6 Å². The molecule has 1 unspecified atom stereocenters. The number of carbonyl (C=O) groups excluding carboxylic acids is 1. The highest BCUT2D eigenvalue weighted by Gasteiger charge is 2.22. The Morgan fingerprint density at radius 2 is 1.81 bits per heavy atom. The Morgan fingerprint density at radius 1 is 1.15 bits per heavy atom. The van der Waals surface area contributed by atoms with Gasteiger partial charge >= 0.3 is 0 Å². The molecule has 2 heterocycles. The van der Waals surface area contributed by atoms with E-state index < -0.39 is 0 Å². The maximum absolute atomic E-state index is 12.8. The standard InChI is InChI=1S/C21H25N3O2S/c1-13-17(11-12-26-13)19-22-23-20(24(19)6)27-14(2)18(25)15-7-9-16(10-8-15)21(3,4)5/h7-12,14H,1-6H3. The Bertz CT molecular complexity index is 949. The molecule has 142 valence electrons. The highest BCUT2D eigenvalue weighted by molar-refractivity contribution is 8.00. The quantitative estimate of drug-likeness (QED) is 0.456. The topological polar surface area (TPSA) is 60.9 Å². The summed E-state index contributed by atoms with van der Waals surface area (Å²) in [4.78, 5) is 12.8. The first kappa shape index (κ1) is 19.4. The minimum atomic E-state index is -0.258. The largest absolute Gasteiger partial charge is 0.469 e. The minimum absolute atomic E-state index is 0.0716. The van der Waals surface area contributed by atoms with Crippen LogP contribution in [0.5, 0.6) is 0 Å². The monoisotopic (exact) mass is 383 g/mol. The normalized spacial score (nSPS) is 13.0. The molecular formula is C21H25N3O2S. The zero-order valence-electron chi connectivity index (χ0n) is 16.6. The van der Waals surface area contributed by atoms with Crippen molar-refractivity contribution in [2.75, 3.05) is 0 Å². The molecule has 0 saturated heterocycles. The molecule has 0 saturated carbocycles. The van der Waals surface area contributed by atoms with Crippen LogP contribution in [0.4, 0.5) is 0 Å². The van der Waals surface area contributed by atoms with Crippen molar-refractivity contribution >= 4 is 17.5 Å². The summed E-state index contributed by atoms with van der Waals surface area (Å²) in [6, 6.07) is 9.77. The van der Waals surface area contributed by atoms with Gasteiger partial charge in [-0.2, -0.15) is 0 Å². The third kappa shape index (κ3) is 4.00. The predicted octanol–water partition coefficient (Wildman–Crippen LogP) is 5.04. The van der Waals surface area contributed by atoms with E-state index in [1.807, 2.05) is 55.8 Å². The number of rotatable bonds is 5. The third-order valence-electron chi connectivity index (χ3n) is 4.62. The van der Waals surface area contributed by atoms with Crippen molar-refractivity contribution in [3.8, 4) is 11.4 Å². The summed E-state index contributed by atoms with van der Waals surface area (Å²) >= 11 is 1.42. The van der Waals surface area contributed by atoms with Crippen LogP contribution in [0.2, 0.25) is 0 Å². The van der Waals surface area contributed by atoms with Crippen molar-refractivity contribution in [1.82, 2.24) is 14.8 Å². The summed E-state index contributed by atoms with van der Waals surface area (Å²) in [6.45, 7) is 10.3. The molecule has 0 aliphatic carbocycles. The second-order valence-electron chi connectivity index (χ2n) is 7.71. The van der Waals surface area contributed by atoms with Crippen molar-refractivity contribution in [3.63, 3.8) is 0 Å². The molecule has 1 atom stereocenters. The molecule has 27 heavy (non-hydrogen) atoms. The Morgan fingerprint density at radius 3 is 2.37 bits per heavy atom. The second kappa shape index (κ2) is 7.35. The first-order valence-electron chi connectivity index (χ1n) is 8.93. The Hall–Kier alpha value is -2.34. The van der Waals surface area contributed by atoms with Crippen molar-refractivity contribution in [3.05, 3.63) is 53.5 Å². The molecular weight excluding hydrogens is 358 g/mol. The van der Waals surface area contributed by atoms with E-state index in [9.17, 15) is 4.79 Å². The zero-order chi connectivity index (χ0) is 19.8. The van der Waals surface area contributed by atoms with E-state index in [0.29, 0.717) is 5.16 Å². The predicted molar refractivity (Wildman–Crippen MR) is 108 cm³/mol. The molecule has 0 fully saturated rings. The van der Waals surface area contributed by atoms with Gasteiger partial charge in [0.05, 0.1) is 17.1 Å². The van der Waals surface area contributed by atoms with E-state index in [4.69, 9.17) is 4.42 Å². The molecule has 0 aliphatic rings. The van der Waals surface area contributed by atoms with Crippen LogP contribution in [0, 0.1) is 6.92 Å². The molecule has 0 radical (unpaired) electrons. The van der Waals surface area contributed by atoms with Crippen LogP contribution in [0.1, 0.15) is 49.4 Å². The number of carbonyl (C=O) groups is 1. The number of nitrogens with zero attached hydrogens (tertiary/aromatic N) is 3. The molecule has 0 bridgehead atoms. The maximum Gasteiger partial charge on any atom is 0.191 e. The zero-order valence-corrected chi connectivity index (χ0v) is 17.4. The number of thioether (sulfide) groups is 1. The number of ketones is 1. The molecule has 3 aromatic rings. The van der Waals surface area contributed by atoms with Gasteiger partial charge in [0.1, 0.15) is 5.76 Å². The fourth-order valence-corrected chi connectivity index (χ4v) is 3.74. The summed E-state index contributed by atoms with van der Waals surface area (Å²) in [7, 11) is 1.90. The van der Waals surface area contributed by atoms with E-state index in [-0.39, 0.29) is 16.4 Å². The molecule has 0 aliphatic heterocycles. The summed E-state index contributed by atoms with van der Waals surface area (Å²) < 4.78 is 7.25. The number of hydrogen-bond donors (Lipinski definition) is 0. The summed E-state index contributed by atoms with van der Waals surface area (Å²) in [6.07, 6.45) is 1.64. The van der Waals surface area contributed by atoms with E-state index >= 15 is 0 Å². The summed E-state index contributed by atoms with van der Waals surface area (Å²) in [5, 5.41) is 8.97. The lowest BCUT2D eigenvalue weighted by Gasteiger charge is -2.19. The number of benzene rings is 1. The lowest BCUT2D eigenvalue weighted by Crippen LogP contribution is -2.16. The van der Waals surface area contributed by atoms with Crippen LogP contribution < -0.4 is 0 Å². The van der Waals surface area contributed by atoms with Gasteiger partial charge < -0.3 is 8.98 Å². The lowest BCUT2D eigenvalue weighted by molar-refractivity contribution is 0.0994. The van der Waals surface area contributed by atoms with Crippen LogP contribution in [0.25, 0.3) is 11.4 Å². The van der Waals surface area contributed by atoms with E-state index in [1.165, 1.54) is 17.3 Å². The van der Waals surface area contributed by atoms with E-state index in [1.54, 1.807) is 6.26 Å². The first-order valence-corrected chi connectivity index (χ1v) is 9.81. The van der Waals surface area contributed by atoms with Crippen LogP contribution in [0.15, 0.2) is 46.2 Å². The van der Waals surface area contributed by atoms with Crippen LogP contribution in [-0.4, -0.2) is 25.8 Å². The SMILES string of the molecule is Cc1occc1-c1nnc(SC(C)C(=O)c2ccc(C(C)(C)C)cc2)n1C. The molecule has 0 amide bonds. The Kier molecular flexibility index (Phi) is 5.29. The molecule has 5 nitrogen and oxygen atoms in total. The molecule has 1 aromatic carbocycles. The van der Waals surface area contributed by atoms with Gasteiger partial charge in [-0.25, -0.2) is 0 Å². The van der Waals surface area contributed by atoms with E-state index in [0.717, 1.165) is 22.7 Å². The molecule has 2 aromatic heterocycles. The van der Waals surface area contributed by atoms with Gasteiger partial charge in [-0.15, -0.1) is 10.2 Å². The third-order valence-corrected chi connectivity index (χ3v) is 5.76. The first-order chi connectivity index (χ1) is 12.7. The number of hydrogen-bond acceptors (Lipinski definition) is 5. The van der Waals surface area contributed by atoms with Crippen molar-refractivity contribution in [2.24, 2.45) is 7.05 Å². The molecule has 0 N–H and O–H groups in total. The summed E-state index contributed by atoms with van der Waals surface area (Å²) in [5.74, 6) is 1.62. The Labute approximate surface area is 164 Å². The Balaban J connectivity index is 1.76. The van der Waals surface area contributed by atoms with Crippen molar-refractivity contribution in [2.45, 2.75) is 50.4 Å². The van der Waals surface area contributed by atoms with Gasteiger partial charge in [-0.3, -0.25) is 4.79 Å². The van der Waals surface area contributed by atoms with Gasteiger partial charge in [-0.05, 0) is 30.9 Å². The van der Waals surface area contributed by atoms with Crippen LogP contribution in [-0.2, 0) is 12.5 Å². The fourth-order valence-electron chi connectivity index (χ4n) is 2.85. The summed E-state index contributed by atoms with van der Waals surface area (Å²) in [5.41, 5.74) is 2.92. The molecule has 3 rings (SSSR count). The number of aromatic nitrogens is 3. The van der Waals surface area contributed by atoms with Crippen LogP contribution >= 0.6 is 11.8 Å². The number of furan rings is 1. The van der Waals surface area contributed by atoms with Crippen molar-refractivity contribution in [1.29, 1.82) is 0 Å². The van der Waals surface area contributed by atoms with Gasteiger partial charge in [-0.1, -0.05) is 56.8 Å². The number of aryl methyl sites for hydroxylation is 1. The second-order valence-corrected chi connectivity index (χ2v) is 9.02. The van der Waals surface area contributed by atoms with E-state index in [2.05, 4.69) is 31.0 Å². The highest BCUT2D eigenvalue weighted by Crippen LogP contribution is 2.29. The van der Waals surface area contributed by atoms with Crippen LogP contribution in [0.3, 0.4) is 0 Å². The fraction of sp³-hybridized carbons (Fsp3) is 0.381. The number of Topliss-reactive ketones (excluding diaryl/α,β-unsaturated/α-hetero) is 1. The average Bonchev–Trinajstić information content (AvgIpc) is 3.19. The highest BCUT2D eigenvalue weighted by atomic mass is 32.2. The van der Waals surface area contributed by atoms with Gasteiger partial charge in [0.25, 0.3) is 0 Å². The minimum Gasteiger partial charge on any atom is -0.469 e. The maximum atomic E-state index is 12.8. The smallest absolute Gasteiger partial charge is 0.191 e. The van der Waals surface area contributed by atoms with Gasteiger partial charge in [0.2, 0.25) is 0 Å². The average molecular weight is 384 g/mol. The lowest BCUT2D eigenvalue weighted by atomic mass is 9.86. The molecule has 6 heteroatoms. The molecule has 0 spiro atoms. The van der Waals surface area contributed by atoms with Crippen molar-refractivity contribution < 1.29 is 9.21 Å². The van der Waals surface area contributed by atoms with Gasteiger partial charge in [0.15, 0.2) is 16.8 Å².